The average Bonchev–Trinajstić information content (AvgIpc) is 2.40. The van der Waals surface area contributed by atoms with Crippen LogP contribution in [-0.4, -0.2) is 72.8 Å². The maximum absolute atomic E-state index is 8.53. The van der Waals surface area contributed by atoms with Gasteiger partial charge in [-0.05, 0) is 12.8 Å². The molecule has 0 aliphatic carbocycles. The normalized spacial score (nSPS) is 26.2. The van der Waals surface area contributed by atoms with E-state index in [0.29, 0.717) is 18.4 Å². The summed E-state index contributed by atoms with van der Waals surface area (Å²) < 4.78 is 5.38. The Morgan fingerprint density at radius 1 is 1.24 bits per heavy atom. The summed E-state index contributed by atoms with van der Waals surface area (Å²) in [6.45, 7) is 6.50. The second-order valence-corrected chi connectivity index (χ2v) is 4.75. The fourth-order valence-corrected chi connectivity index (χ4v) is 2.60. The van der Waals surface area contributed by atoms with Crippen molar-refractivity contribution in [2.45, 2.75) is 18.9 Å². The number of ether oxygens (including phenoxy) is 1. The zero-order valence-corrected chi connectivity index (χ0v) is 10.2. The third kappa shape index (κ3) is 3.55. The van der Waals surface area contributed by atoms with E-state index in [-0.39, 0.29) is 0 Å². The van der Waals surface area contributed by atoms with Gasteiger partial charge in [0.15, 0.2) is 5.84 Å². The molecule has 0 saturated carbocycles. The van der Waals surface area contributed by atoms with Crippen LogP contribution in [0.15, 0.2) is 5.16 Å². The predicted molar refractivity (Wildman–Crippen MR) is 65.3 cm³/mol. The Bertz CT molecular complexity index is 258. The van der Waals surface area contributed by atoms with Crippen LogP contribution in [0, 0.1) is 0 Å². The van der Waals surface area contributed by atoms with E-state index in [2.05, 4.69) is 15.0 Å². The average molecular weight is 242 g/mol. The van der Waals surface area contributed by atoms with Crippen LogP contribution >= 0.6 is 0 Å². The first-order valence-corrected chi connectivity index (χ1v) is 6.30. The highest BCUT2D eigenvalue weighted by atomic mass is 16.5. The van der Waals surface area contributed by atoms with Gasteiger partial charge in [-0.1, -0.05) is 5.16 Å². The maximum atomic E-state index is 8.53. The molecule has 2 fully saturated rings. The van der Waals surface area contributed by atoms with Crippen LogP contribution in [0.5, 0.6) is 0 Å². The first-order chi connectivity index (χ1) is 8.29. The van der Waals surface area contributed by atoms with E-state index >= 15 is 0 Å². The van der Waals surface area contributed by atoms with Gasteiger partial charge in [0.25, 0.3) is 0 Å². The molecule has 2 aliphatic rings. The molecule has 17 heavy (non-hydrogen) atoms. The first kappa shape index (κ1) is 12.6. The van der Waals surface area contributed by atoms with Crippen molar-refractivity contribution >= 4 is 5.84 Å². The van der Waals surface area contributed by atoms with Crippen molar-refractivity contribution < 1.29 is 9.94 Å². The zero-order valence-electron chi connectivity index (χ0n) is 10.2. The van der Waals surface area contributed by atoms with Crippen molar-refractivity contribution in [2.24, 2.45) is 10.9 Å². The molecule has 98 valence electrons. The van der Waals surface area contributed by atoms with Gasteiger partial charge in [0.2, 0.25) is 0 Å². The molecule has 0 bridgehead atoms. The molecule has 3 N–H and O–H groups in total. The van der Waals surface area contributed by atoms with Gasteiger partial charge in [0.05, 0.1) is 6.54 Å². The molecule has 2 saturated heterocycles. The molecular formula is C11H22N4O2. The lowest BCUT2D eigenvalue weighted by Gasteiger charge is -2.40. The molecule has 0 spiro atoms. The first-order valence-electron chi connectivity index (χ1n) is 6.30. The summed E-state index contributed by atoms with van der Waals surface area (Å²) in [6.07, 6.45) is 2.31. The molecule has 0 unspecified atom stereocenters. The molecule has 6 heteroatoms. The Labute approximate surface area is 102 Å². The Kier molecular flexibility index (Phi) is 4.58. The van der Waals surface area contributed by atoms with Crippen molar-refractivity contribution in [3.63, 3.8) is 0 Å². The molecule has 2 aliphatic heterocycles. The van der Waals surface area contributed by atoms with Crippen LogP contribution in [0.2, 0.25) is 0 Å². The molecular weight excluding hydrogens is 220 g/mol. The summed E-state index contributed by atoms with van der Waals surface area (Å²) in [5.74, 6) is 0.296. The number of hydrogen-bond acceptors (Lipinski definition) is 5. The fraction of sp³-hybridized carbons (Fsp3) is 0.909. The molecule has 2 heterocycles. The standard InChI is InChI=1S/C11H22N4O2/c12-11(13-16)9-14-3-5-15(6-4-14)10-1-7-17-8-2-10/h10,16H,1-9H2,(H2,12,13). The highest BCUT2D eigenvalue weighted by molar-refractivity contribution is 5.81. The van der Waals surface area contributed by atoms with E-state index in [1.165, 1.54) is 0 Å². The Morgan fingerprint density at radius 3 is 2.47 bits per heavy atom. The van der Waals surface area contributed by atoms with Crippen LogP contribution in [-0.2, 0) is 4.74 Å². The number of nitrogens with zero attached hydrogens (tertiary/aromatic N) is 3. The number of piperazine rings is 1. The Balaban J connectivity index is 1.73. The molecule has 6 nitrogen and oxygen atoms in total. The van der Waals surface area contributed by atoms with Crippen molar-refractivity contribution in [1.82, 2.24) is 9.80 Å². The molecule has 0 radical (unpaired) electrons. The second-order valence-electron chi connectivity index (χ2n) is 4.75. The van der Waals surface area contributed by atoms with Crippen LogP contribution in [0.1, 0.15) is 12.8 Å². The van der Waals surface area contributed by atoms with Gasteiger partial charge in [-0.3, -0.25) is 9.80 Å². The summed E-state index contributed by atoms with van der Waals surface area (Å²) in [4.78, 5) is 4.77. The maximum Gasteiger partial charge on any atom is 0.153 e. The minimum atomic E-state index is 0.296. The summed E-state index contributed by atoms with van der Waals surface area (Å²) in [5.41, 5.74) is 5.51. The van der Waals surface area contributed by atoms with Crippen molar-refractivity contribution in [1.29, 1.82) is 0 Å². The van der Waals surface area contributed by atoms with Crippen LogP contribution < -0.4 is 5.73 Å². The fourth-order valence-electron chi connectivity index (χ4n) is 2.60. The zero-order chi connectivity index (χ0) is 12.1. The third-order valence-corrected chi connectivity index (χ3v) is 3.63. The van der Waals surface area contributed by atoms with E-state index in [1.54, 1.807) is 0 Å². The van der Waals surface area contributed by atoms with E-state index in [1.807, 2.05) is 0 Å². The molecule has 0 aromatic heterocycles. The van der Waals surface area contributed by atoms with E-state index in [4.69, 9.17) is 15.7 Å². The van der Waals surface area contributed by atoms with Gasteiger partial charge in [-0.25, -0.2) is 0 Å². The van der Waals surface area contributed by atoms with Gasteiger partial charge in [-0.2, -0.15) is 0 Å². The summed E-state index contributed by atoms with van der Waals surface area (Å²) in [5, 5.41) is 11.5. The predicted octanol–water partition coefficient (Wildman–Crippen LogP) is -0.471. The molecule has 2 rings (SSSR count). The number of hydrogen-bond donors (Lipinski definition) is 2. The van der Waals surface area contributed by atoms with Crippen molar-refractivity contribution in [3.8, 4) is 0 Å². The third-order valence-electron chi connectivity index (χ3n) is 3.63. The van der Waals surface area contributed by atoms with Gasteiger partial charge in [-0.15, -0.1) is 0 Å². The lowest BCUT2D eigenvalue weighted by Crippen LogP contribution is -2.53. The monoisotopic (exact) mass is 242 g/mol. The van der Waals surface area contributed by atoms with Gasteiger partial charge >= 0.3 is 0 Å². The SMILES string of the molecule is N/C(CN1CCN(C2CCOCC2)CC1)=N/O. The highest BCUT2D eigenvalue weighted by Gasteiger charge is 2.25. The summed E-state index contributed by atoms with van der Waals surface area (Å²) >= 11 is 0. The number of oxime groups is 1. The number of amidine groups is 1. The van der Waals surface area contributed by atoms with E-state index < -0.39 is 0 Å². The number of rotatable bonds is 3. The minimum absolute atomic E-state index is 0.296. The van der Waals surface area contributed by atoms with Crippen LogP contribution in [0.25, 0.3) is 0 Å². The highest BCUT2D eigenvalue weighted by Crippen LogP contribution is 2.16. The van der Waals surface area contributed by atoms with Crippen LogP contribution in [0.4, 0.5) is 0 Å². The largest absolute Gasteiger partial charge is 0.409 e. The lowest BCUT2D eigenvalue weighted by molar-refractivity contribution is 0.0159. The van der Waals surface area contributed by atoms with Gasteiger partial charge in [0.1, 0.15) is 0 Å². The van der Waals surface area contributed by atoms with Crippen molar-refractivity contribution in [3.05, 3.63) is 0 Å². The quantitative estimate of drug-likeness (QED) is 0.303. The summed E-state index contributed by atoms with van der Waals surface area (Å²) in [6, 6.07) is 0.690. The Hall–Kier alpha value is -0.850. The van der Waals surface area contributed by atoms with Crippen molar-refractivity contribution in [2.75, 3.05) is 45.9 Å². The van der Waals surface area contributed by atoms with E-state index in [9.17, 15) is 0 Å². The smallest absolute Gasteiger partial charge is 0.153 e. The minimum Gasteiger partial charge on any atom is -0.409 e. The van der Waals surface area contributed by atoms with Gasteiger partial charge in [0, 0.05) is 45.4 Å². The summed E-state index contributed by atoms with van der Waals surface area (Å²) in [7, 11) is 0. The molecule has 0 atom stereocenters. The van der Waals surface area contributed by atoms with E-state index in [0.717, 1.165) is 52.2 Å². The molecule has 0 amide bonds. The Morgan fingerprint density at radius 2 is 1.88 bits per heavy atom. The lowest BCUT2D eigenvalue weighted by atomic mass is 10.1. The number of nitrogens with two attached hydrogens (primary N) is 1. The molecule has 0 aromatic carbocycles. The van der Waals surface area contributed by atoms with Crippen LogP contribution in [0.3, 0.4) is 0 Å². The second kappa shape index (κ2) is 6.18. The molecule has 0 aromatic rings. The van der Waals surface area contributed by atoms with Gasteiger partial charge < -0.3 is 15.7 Å². The topological polar surface area (TPSA) is 74.3 Å².